The molecule has 12 heavy (non-hydrogen) atoms. The van der Waals surface area contributed by atoms with Gasteiger partial charge in [0.05, 0.1) is 0 Å². The molecule has 0 amide bonds. The van der Waals surface area contributed by atoms with Gasteiger partial charge in [0.25, 0.3) is 0 Å². The number of hydrogen-bond acceptors (Lipinski definition) is 1. The molecular formula is C11H14O. The van der Waals surface area contributed by atoms with E-state index in [9.17, 15) is 0 Å². The van der Waals surface area contributed by atoms with Crippen molar-refractivity contribution in [1.82, 2.24) is 0 Å². The molecule has 1 nitrogen and oxygen atoms in total. The summed E-state index contributed by atoms with van der Waals surface area (Å²) in [5.41, 5.74) is 1.49. The Morgan fingerprint density at radius 2 is 1.92 bits per heavy atom. The van der Waals surface area contributed by atoms with E-state index >= 15 is 0 Å². The van der Waals surface area contributed by atoms with Crippen LogP contribution in [0.1, 0.15) is 26.3 Å². The monoisotopic (exact) mass is 162 g/mol. The lowest BCUT2D eigenvalue weighted by atomic mass is 9.82. The molecule has 0 fully saturated rings. The number of ether oxygens (including phenoxy) is 1. The molecule has 0 unspecified atom stereocenters. The van der Waals surface area contributed by atoms with Crippen LogP contribution in [0.4, 0.5) is 0 Å². The summed E-state index contributed by atoms with van der Waals surface area (Å²) in [6.45, 7) is 6.58. The SMILES string of the molecule is C[C@@H]1Oc2ccccc2C1(C)C. The number of hydrogen-bond donors (Lipinski definition) is 0. The Kier molecular flexibility index (Phi) is 1.44. The molecule has 0 N–H and O–H groups in total. The average Bonchev–Trinajstić information content (AvgIpc) is 2.25. The minimum Gasteiger partial charge on any atom is -0.490 e. The molecule has 1 heteroatoms. The Morgan fingerprint density at radius 1 is 1.25 bits per heavy atom. The summed E-state index contributed by atoms with van der Waals surface area (Å²) >= 11 is 0. The van der Waals surface area contributed by atoms with Crippen LogP contribution in [0.2, 0.25) is 0 Å². The van der Waals surface area contributed by atoms with E-state index < -0.39 is 0 Å². The number of benzene rings is 1. The molecule has 1 aliphatic rings. The van der Waals surface area contributed by atoms with Crippen LogP contribution >= 0.6 is 0 Å². The van der Waals surface area contributed by atoms with E-state index in [4.69, 9.17) is 4.74 Å². The molecule has 0 spiro atoms. The molecule has 0 saturated heterocycles. The first-order chi connectivity index (χ1) is 5.62. The molecule has 1 aliphatic heterocycles. The van der Waals surface area contributed by atoms with Crippen LogP contribution in [0.15, 0.2) is 24.3 Å². The van der Waals surface area contributed by atoms with Gasteiger partial charge in [-0.2, -0.15) is 0 Å². The van der Waals surface area contributed by atoms with Crippen LogP contribution in [0.3, 0.4) is 0 Å². The molecule has 0 aliphatic carbocycles. The highest BCUT2D eigenvalue weighted by atomic mass is 16.5. The number of para-hydroxylation sites is 1. The first kappa shape index (κ1) is 7.66. The largest absolute Gasteiger partial charge is 0.490 e. The summed E-state index contributed by atoms with van der Waals surface area (Å²) in [5.74, 6) is 1.05. The van der Waals surface area contributed by atoms with Gasteiger partial charge in [-0.05, 0) is 13.0 Å². The van der Waals surface area contributed by atoms with Gasteiger partial charge in [0.15, 0.2) is 0 Å². The Labute approximate surface area is 73.4 Å². The lowest BCUT2D eigenvalue weighted by molar-refractivity contribution is 0.185. The molecule has 1 aromatic carbocycles. The normalized spacial score (nSPS) is 24.8. The van der Waals surface area contributed by atoms with Crippen molar-refractivity contribution in [3.63, 3.8) is 0 Å². The van der Waals surface area contributed by atoms with Crippen LogP contribution in [0.5, 0.6) is 5.75 Å². The predicted octanol–water partition coefficient (Wildman–Crippen LogP) is 2.75. The molecular weight excluding hydrogens is 148 g/mol. The van der Waals surface area contributed by atoms with E-state index in [-0.39, 0.29) is 11.5 Å². The summed E-state index contributed by atoms with van der Waals surface area (Å²) in [4.78, 5) is 0. The standard InChI is InChI=1S/C11H14O/c1-8-11(2,3)9-6-4-5-7-10(9)12-8/h4-8H,1-3H3/t8-/m0/s1. The van der Waals surface area contributed by atoms with E-state index in [1.807, 2.05) is 12.1 Å². The van der Waals surface area contributed by atoms with Crippen molar-refractivity contribution >= 4 is 0 Å². The molecule has 1 aromatic rings. The zero-order valence-corrected chi connectivity index (χ0v) is 7.79. The van der Waals surface area contributed by atoms with E-state index in [1.165, 1.54) is 5.56 Å². The molecule has 0 saturated carbocycles. The number of rotatable bonds is 0. The molecule has 1 heterocycles. The van der Waals surface area contributed by atoms with Crippen molar-refractivity contribution in [3.05, 3.63) is 29.8 Å². The van der Waals surface area contributed by atoms with Crippen molar-refractivity contribution in [1.29, 1.82) is 0 Å². The molecule has 0 aromatic heterocycles. The Hall–Kier alpha value is -0.980. The van der Waals surface area contributed by atoms with Gasteiger partial charge < -0.3 is 4.74 Å². The summed E-state index contributed by atoms with van der Waals surface area (Å²) in [7, 11) is 0. The third-order valence-electron chi connectivity index (χ3n) is 2.90. The summed E-state index contributed by atoms with van der Waals surface area (Å²) in [6.07, 6.45) is 0.287. The highest BCUT2D eigenvalue weighted by Crippen LogP contribution is 2.41. The Balaban J connectivity index is 2.55. The fraction of sp³-hybridized carbons (Fsp3) is 0.455. The van der Waals surface area contributed by atoms with Gasteiger partial charge in [0, 0.05) is 11.0 Å². The van der Waals surface area contributed by atoms with Gasteiger partial charge in [-0.3, -0.25) is 0 Å². The molecule has 0 bridgehead atoms. The summed E-state index contributed by atoms with van der Waals surface area (Å²) in [5, 5.41) is 0. The lowest BCUT2D eigenvalue weighted by Gasteiger charge is -2.21. The van der Waals surface area contributed by atoms with Crippen LogP contribution in [0, 0.1) is 0 Å². The Bertz CT molecular complexity index is 302. The van der Waals surface area contributed by atoms with Gasteiger partial charge in [-0.25, -0.2) is 0 Å². The van der Waals surface area contributed by atoms with Gasteiger partial charge in [-0.15, -0.1) is 0 Å². The third-order valence-corrected chi connectivity index (χ3v) is 2.90. The van der Waals surface area contributed by atoms with E-state index in [0.717, 1.165) is 5.75 Å². The lowest BCUT2D eigenvalue weighted by Crippen LogP contribution is -2.28. The molecule has 64 valence electrons. The molecule has 1 atom stereocenters. The van der Waals surface area contributed by atoms with Crippen LogP contribution in [-0.2, 0) is 5.41 Å². The van der Waals surface area contributed by atoms with Crippen molar-refractivity contribution < 1.29 is 4.74 Å². The maximum Gasteiger partial charge on any atom is 0.123 e. The highest BCUT2D eigenvalue weighted by molar-refractivity contribution is 5.43. The first-order valence-electron chi connectivity index (χ1n) is 4.38. The van der Waals surface area contributed by atoms with Gasteiger partial charge in [0.1, 0.15) is 11.9 Å². The summed E-state index contributed by atoms with van der Waals surface area (Å²) in [6, 6.07) is 8.29. The maximum atomic E-state index is 5.72. The molecule has 0 radical (unpaired) electrons. The zero-order chi connectivity index (χ0) is 8.77. The van der Waals surface area contributed by atoms with Crippen LogP contribution in [-0.4, -0.2) is 6.10 Å². The first-order valence-corrected chi connectivity index (χ1v) is 4.38. The third kappa shape index (κ3) is 0.857. The highest BCUT2D eigenvalue weighted by Gasteiger charge is 2.37. The van der Waals surface area contributed by atoms with Crippen LogP contribution < -0.4 is 4.74 Å². The second-order valence-corrected chi connectivity index (χ2v) is 3.98. The van der Waals surface area contributed by atoms with E-state index in [1.54, 1.807) is 0 Å². The average molecular weight is 162 g/mol. The van der Waals surface area contributed by atoms with Gasteiger partial charge >= 0.3 is 0 Å². The van der Waals surface area contributed by atoms with Crippen LogP contribution in [0.25, 0.3) is 0 Å². The van der Waals surface area contributed by atoms with Crippen molar-refractivity contribution in [2.24, 2.45) is 0 Å². The van der Waals surface area contributed by atoms with Gasteiger partial charge in [-0.1, -0.05) is 32.0 Å². The topological polar surface area (TPSA) is 9.23 Å². The van der Waals surface area contributed by atoms with E-state index in [2.05, 4.69) is 32.9 Å². The van der Waals surface area contributed by atoms with E-state index in [0.29, 0.717) is 0 Å². The zero-order valence-electron chi connectivity index (χ0n) is 7.79. The fourth-order valence-corrected chi connectivity index (χ4v) is 1.66. The maximum absolute atomic E-state index is 5.72. The van der Waals surface area contributed by atoms with Crippen molar-refractivity contribution in [2.75, 3.05) is 0 Å². The Morgan fingerprint density at radius 3 is 2.58 bits per heavy atom. The van der Waals surface area contributed by atoms with Crippen molar-refractivity contribution in [3.8, 4) is 5.75 Å². The minimum atomic E-state index is 0.163. The fourth-order valence-electron chi connectivity index (χ4n) is 1.66. The van der Waals surface area contributed by atoms with Crippen molar-refractivity contribution in [2.45, 2.75) is 32.3 Å². The smallest absolute Gasteiger partial charge is 0.123 e. The second-order valence-electron chi connectivity index (χ2n) is 3.98. The number of fused-ring (bicyclic) bond motifs is 1. The predicted molar refractivity (Wildman–Crippen MR) is 49.6 cm³/mol. The second kappa shape index (κ2) is 2.25. The quantitative estimate of drug-likeness (QED) is 0.570. The van der Waals surface area contributed by atoms with Gasteiger partial charge in [0.2, 0.25) is 0 Å². The minimum absolute atomic E-state index is 0.163. The summed E-state index contributed by atoms with van der Waals surface area (Å²) < 4.78 is 5.72. The molecule has 2 rings (SSSR count).